The summed E-state index contributed by atoms with van der Waals surface area (Å²) in [6.45, 7) is 3.27. The Hall–Kier alpha value is -4.17. The van der Waals surface area contributed by atoms with Crippen LogP contribution in [-0.4, -0.2) is 45.2 Å². The Morgan fingerprint density at radius 3 is 2.75 bits per heavy atom. The van der Waals surface area contributed by atoms with Gasteiger partial charge in [-0.15, -0.1) is 5.10 Å². The fraction of sp³-hybridized carbons (Fsp3) is 0.250. The van der Waals surface area contributed by atoms with Gasteiger partial charge in [0, 0.05) is 45.0 Å². The Bertz CT molecular complexity index is 1480. The summed E-state index contributed by atoms with van der Waals surface area (Å²) in [6, 6.07) is 20.4. The summed E-state index contributed by atoms with van der Waals surface area (Å²) in [5.41, 5.74) is 5.72. The summed E-state index contributed by atoms with van der Waals surface area (Å²) in [4.78, 5) is 14.2. The molecular weight excluding hydrogens is 452 g/mol. The molecule has 0 unspecified atom stereocenters. The predicted molar refractivity (Wildman–Crippen MR) is 138 cm³/mol. The molecular formula is C28H28N6O2. The zero-order chi connectivity index (χ0) is 24.5. The molecule has 0 fully saturated rings. The van der Waals surface area contributed by atoms with E-state index in [1.54, 1.807) is 13.4 Å². The fourth-order valence-corrected chi connectivity index (χ4v) is 4.81. The maximum Gasteiger partial charge on any atom is 0.228 e. The van der Waals surface area contributed by atoms with Gasteiger partial charge in [-0.2, -0.15) is 4.52 Å². The first-order valence-electron chi connectivity index (χ1n) is 12.1. The second kappa shape index (κ2) is 9.47. The zero-order valence-corrected chi connectivity index (χ0v) is 20.5. The first kappa shape index (κ1) is 22.3. The molecule has 2 aromatic carbocycles. The van der Waals surface area contributed by atoms with E-state index in [1.807, 2.05) is 54.2 Å². The molecule has 36 heavy (non-hydrogen) atoms. The number of fused-ring (bicyclic) bond motifs is 2. The molecule has 0 atom stereocenters. The van der Waals surface area contributed by atoms with Crippen molar-refractivity contribution < 1.29 is 9.15 Å². The number of ether oxygens (including phenoxy) is 1. The van der Waals surface area contributed by atoms with Crippen molar-refractivity contribution in [2.45, 2.75) is 26.1 Å². The van der Waals surface area contributed by atoms with Crippen molar-refractivity contribution in [3.05, 3.63) is 95.4 Å². The van der Waals surface area contributed by atoms with Gasteiger partial charge < -0.3 is 14.1 Å². The highest BCUT2D eigenvalue weighted by Crippen LogP contribution is 2.27. The van der Waals surface area contributed by atoms with Gasteiger partial charge in [-0.05, 0) is 47.4 Å². The average molecular weight is 481 g/mol. The molecule has 6 rings (SSSR count). The van der Waals surface area contributed by atoms with E-state index in [4.69, 9.17) is 24.2 Å². The van der Waals surface area contributed by atoms with Gasteiger partial charge in [0.1, 0.15) is 5.75 Å². The molecule has 0 aliphatic carbocycles. The lowest BCUT2D eigenvalue weighted by molar-refractivity contribution is 0.245. The van der Waals surface area contributed by atoms with Crippen molar-refractivity contribution in [3.8, 4) is 17.3 Å². The second-order valence-corrected chi connectivity index (χ2v) is 9.17. The minimum atomic E-state index is 0.553. The van der Waals surface area contributed by atoms with Crippen molar-refractivity contribution in [1.82, 2.24) is 24.5 Å². The maximum atomic E-state index is 5.60. The van der Waals surface area contributed by atoms with Gasteiger partial charge in [-0.3, -0.25) is 4.90 Å². The first-order chi connectivity index (χ1) is 17.7. The van der Waals surface area contributed by atoms with Crippen LogP contribution in [0.2, 0.25) is 0 Å². The molecule has 5 aromatic rings. The number of rotatable bonds is 7. The van der Waals surface area contributed by atoms with Crippen LogP contribution < -0.4 is 9.64 Å². The molecule has 0 saturated heterocycles. The summed E-state index contributed by atoms with van der Waals surface area (Å²) in [5.74, 6) is 2.82. The lowest BCUT2D eigenvalue weighted by Crippen LogP contribution is -2.30. The summed E-state index contributed by atoms with van der Waals surface area (Å²) >= 11 is 0. The summed E-state index contributed by atoms with van der Waals surface area (Å²) in [5, 5.41) is 4.80. The molecule has 8 heteroatoms. The van der Waals surface area contributed by atoms with Crippen molar-refractivity contribution in [3.63, 3.8) is 0 Å². The molecule has 182 valence electrons. The van der Waals surface area contributed by atoms with Crippen LogP contribution in [0.15, 0.2) is 77.5 Å². The quantitative estimate of drug-likeness (QED) is 0.337. The summed E-state index contributed by atoms with van der Waals surface area (Å²) < 4.78 is 12.9. The molecule has 0 bridgehead atoms. The van der Waals surface area contributed by atoms with Crippen LogP contribution in [0.1, 0.15) is 22.3 Å². The van der Waals surface area contributed by atoms with Gasteiger partial charge >= 0.3 is 0 Å². The standard InChI is InChI=1S/C28H28N6O2/c1-32(17-20-7-4-3-5-8-20)28-29-16-23(27-30-26(31-34(27)28)25-9-6-14-36-25)19-33-13-12-21-10-11-24(35-2)15-22(21)18-33/h3-11,14-16H,12-13,17-19H2,1-2H3. The van der Waals surface area contributed by atoms with Gasteiger partial charge in [0.15, 0.2) is 11.4 Å². The SMILES string of the molecule is COc1ccc2c(c1)CN(Cc1cnc(N(C)Cc3ccccc3)n3nc(-c4ccco4)nc13)CC2. The topological polar surface area (TPSA) is 71.9 Å². The average Bonchev–Trinajstić information content (AvgIpc) is 3.60. The van der Waals surface area contributed by atoms with E-state index in [0.717, 1.165) is 49.0 Å². The van der Waals surface area contributed by atoms with Crippen LogP contribution in [0.4, 0.5) is 5.95 Å². The summed E-state index contributed by atoms with van der Waals surface area (Å²) in [6.07, 6.45) is 4.58. The minimum absolute atomic E-state index is 0.553. The number of hydrogen-bond acceptors (Lipinski definition) is 7. The number of aromatic nitrogens is 4. The number of anilines is 1. The highest BCUT2D eigenvalue weighted by Gasteiger charge is 2.22. The second-order valence-electron chi connectivity index (χ2n) is 9.17. The van der Waals surface area contributed by atoms with Crippen molar-refractivity contribution in [2.24, 2.45) is 0 Å². The molecule has 0 N–H and O–H groups in total. The number of hydrogen-bond donors (Lipinski definition) is 0. The summed E-state index contributed by atoms with van der Waals surface area (Å²) in [7, 11) is 3.74. The van der Waals surface area contributed by atoms with Gasteiger partial charge in [-0.1, -0.05) is 36.4 Å². The van der Waals surface area contributed by atoms with E-state index in [0.29, 0.717) is 18.1 Å². The lowest BCUT2D eigenvalue weighted by Gasteiger charge is -2.29. The van der Waals surface area contributed by atoms with Crippen molar-refractivity contribution >= 4 is 11.6 Å². The van der Waals surface area contributed by atoms with E-state index in [-0.39, 0.29) is 0 Å². The highest BCUT2D eigenvalue weighted by atomic mass is 16.5. The molecule has 4 heterocycles. The van der Waals surface area contributed by atoms with Gasteiger partial charge in [-0.25, -0.2) is 9.97 Å². The number of nitrogens with zero attached hydrogens (tertiary/aromatic N) is 6. The van der Waals surface area contributed by atoms with Crippen LogP contribution in [0, 0.1) is 0 Å². The van der Waals surface area contributed by atoms with E-state index >= 15 is 0 Å². The molecule has 1 aliphatic rings. The van der Waals surface area contributed by atoms with Crippen molar-refractivity contribution in [1.29, 1.82) is 0 Å². The van der Waals surface area contributed by atoms with Gasteiger partial charge in [0.25, 0.3) is 0 Å². The monoisotopic (exact) mass is 480 g/mol. The predicted octanol–water partition coefficient (Wildman–Crippen LogP) is 4.59. The normalized spacial score (nSPS) is 13.6. The minimum Gasteiger partial charge on any atom is -0.497 e. The molecule has 1 aliphatic heterocycles. The Morgan fingerprint density at radius 1 is 1.06 bits per heavy atom. The van der Waals surface area contributed by atoms with E-state index in [9.17, 15) is 0 Å². The molecule has 0 amide bonds. The van der Waals surface area contributed by atoms with E-state index in [2.05, 4.69) is 34.1 Å². The van der Waals surface area contributed by atoms with E-state index < -0.39 is 0 Å². The third kappa shape index (κ3) is 4.31. The third-order valence-electron chi connectivity index (χ3n) is 6.66. The highest BCUT2D eigenvalue weighted by molar-refractivity contribution is 5.58. The number of furan rings is 1. The largest absolute Gasteiger partial charge is 0.497 e. The lowest BCUT2D eigenvalue weighted by atomic mass is 9.99. The molecule has 3 aromatic heterocycles. The van der Waals surface area contributed by atoms with Crippen LogP contribution in [0.25, 0.3) is 17.2 Å². The third-order valence-corrected chi connectivity index (χ3v) is 6.66. The molecule has 0 radical (unpaired) electrons. The molecule has 0 saturated carbocycles. The fourth-order valence-electron chi connectivity index (χ4n) is 4.81. The van der Waals surface area contributed by atoms with Crippen molar-refractivity contribution in [2.75, 3.05) is 25.6 Å². The molecule has 8 nitrogen and oxygen atoms in total. The number of benzene rings is 2. The first-order valence-corrected chi connectivity index (χ1v) is 12.1. The maximum absolute atomic E-state index is 5.60. The van der Waals surface area contributed by atoms with Crippen LogP contribution in [-0.2, 0) is 26.1 Å². The number of methoxy groups -OCH3 is 1. The Labute approximate surface area is 209 Å². The smallest absolute Gasteiger partial charge is 0.228 e. The Morgan fingerprint density at radius 2 is 1.94 bits per heavy atom. The van der Waals surface area contributed by atoms with Crippen LogP contribution in [0.5, 0.6) is 5.75 Å². The van der Waals surface area contributed by atoms with Crippen LogP contribution >= 0.6 is 0 Å². The molecule has 0 spiro atoms. The van der Waals surface area contributed by atoms with Gasteiger partial charge in [0.05, 0.1) is 13.4 Å². The van der Waals surface area contributed by atoms with Crippen LogP contribution in [0.3, 0.4) is 0 Å². The Kier molecular flexibility index (Phi) is 5.87. The zero-order valence-electron chi connectivity index (χ0n) is 20.5. The van der Waals surface area contributed by atoms with E-state index in [1.165, 1.54) is 16.7 Å². The Balaban J connectivity index is 1.34. The van der Waals surface area contributed by atoms with Gasteiger partial charge in [0.2, 0.25) is 11.8 Å².